The van der Waals surface area contributed by atoms with Crippen molar-refractivity contribution in [3.05, 3.63) is 34.4 Å². The van der Waals surface area contributed by atoms with Crippen molar-refractivity contribution >= 4 is 11.9 Å². The van der Waals surface area contributed by atoms with Gasteiger partial charge < -0.3 is 10.2 Å². The predicted octanol–water partition coefficient (Wildman–Crippen LogP) is 6.35. The zero-order chi connectivity index (χ0) is 20.2. The number of carbonyl (C=O) groups is 2. The molecule has 0 saturated carbocycles. The van der Waals surface area contributed by atoms with Crippen LogP contribution >= 0.6 is 0 Å². The molecular formula is C23H36O4. The quantitative estimate of drug-likeness (QED) is 0.371. The van der Waals surface area contributed by atoms with Gasteiger partial charge in [0.1, 0.15) is 0 Å². The summed E-state index contributed by atoms with van der Waals surface area (Å²) in [5.41, 5.74) is 1.69. The molecule has 1 aromatic carbocycles. The molecular weight excluding hydrogens is 340 g/mol. The fourth-order valence-corrected chi connectivity index (χ4v) is 3.73. The van der Waals surface area contributed by atoms with E-state index in [1.54, 1.807) is 0 Å². The maximum absolute atomic E-state index is 11.9. The van der Waals surface area contributed by atoms with Gasteiger partial charge in [0.25, 0.3) is 0 Å². The summed E-state index contributed by atoms with van der Waals surface area (Å²) in [7, 11) is 0. The number of aromatic carboxylic acids is 2. The molecule has 0 saturated heterocycles. The van der Waals surface area contributed by atoms with Crippen LogP contribution in [0.15, 0.2) is 12.1 Å². The number of rotatable bonds is 14. The molecule has 0 aliphatic rings. The van der Waals surface area contributed by atoms with E-state index in [-0.39, 0.29) is 11.1 Å². The minimum atomic E-state index is -1.16. The molecule has 4 heteroatoms. The Morgan fingerprint density at radius 2 is 1.56 bits per heavy atom. The van der Waals surface area contributed by atoms with Crippen molar-refractivity contribution in [1.82, 2.24) is 0 Å². The maximum atomic E-state index is 11.9. The molecule has 4 nitrogen and oxygen atoms in total. The molecule has 0 spiro atoms. The van der Waals surface area contributed by atoms with E-state index in [4.69, 9.17) is 0 Å². The molecule has 27 heavy (non-hydrogen) atoms. The highest BCUT2D eigenvalue weighted by Crippen LogP contribution is 2.28. The number of hydrogen-bond acceptors (Lipinski definition) is 2. The van der Waals surface area contributed by atoms with Gasteiger partial charge in [0.2, 0.25) is 0 Å². The number of carboxylic acid groups (broad SMARTS) is 2. The SMILES string of the molecule is CCCCCCCc1ccc(C(=O)O)c(C(=O)O)c1CC(CC)CCCC. The van der Waals surface area contributed by atoms with Gasteiger partial charge >= 0.3 is 11.9 Å². The second-order valence-electron chi connectivity index (χ2n) is 7.52. The standard InChI is InChI=1S/C23H36O4/c1-4-7-9-10-11-13-18-14-15-19(22(24)25)21(23(26)27)20(18)16-17(6-3)12-8-5-2/h14-15,17H,4-13,16H2,1-3H3,(H,24,25)(H,26,27). The van der Waals surface area contributed by atoms with Gasteiger partial charge in [-0.3, -0.25) is 0 Å². The van der Waals surface area contributed by atoms with Gasteiger partial charge in [-0.1, -0.05) is 78.2 Å². The largest absolute Gasteiger partial charge is 0.478 e. The third kappa shape index (κ3) is 7.36. The van der Waals surface area contributed by atoms with Gasteiger partial charge in [0, 0.05) is 0 Å². The summed E-state index contributed by atoms with van der Waals surface area (Å²) in [6.07, 6.45) is 11.5. The van der Waals surface area contributed by atoms with E-state index >= 15 is 0 Å². The highest BCUT2D eigenvalue weighted by molar-refractivity contribution is 6.03. The first-order valence-electron chi connectivity index (χ1n) is 10.6. The third-order valence-electron chi connectivity index (χ3n) is 5.44. The lowest BCUT2D eigenvalue weighted by molar-refractivity contribution is 0.0650. The van der Waals surface area contributed by atoms with E-state index in [0.717, 1.165) is 56.1 Å². The van der Waals surface area contributed by atoms with Crippen LogP contribution in [0.1, 0.15) is 110 Å². The molecule has 0 aliphatic carbocycles. The normalized spacial score (nSPS) is 12.1. The van der Waals surface area contributed by atoms with E-state index < -0.39 is 11.9 Å². The van der Waals surface area contributed by atoms with E-state index in [1.807, 2.05) is 6.07 Å². The molecule has 0 aromatic heterocycles. The molecule has 152 valence electrons. The molecule has 0 heterocycles. The molecule has 0 fully saturated rings. The van der Waals surface area contributed by atoms with E-state index in [2.05, 4.69) is 20.8 Å². The molecule has 1 atom stereocenters. The van der Waals surface area contributed by atoms with Crippen LogP contribution in [-0.2, 0) is 12.8 Å². The second kappa shape index (κ2) is 12.5. The second-order valence-corrected chi connectivity index (χ2v) is 7.52. The maximum Gasteiger partial charge on any atom is 0.336 e. The van der Waals surface area contributed by atoms with Crippen LogP contribution in [0.2, 0.25) is 0 Å². The van der Waals surface area contributed by atoms with Crippen LogP contribution < -0.4 is 0 Å². The minimum Gasteiger partial charge on any atom is -0.478 e. The Bertz CT molecular complexity index is 607. The van der Waals surface area contributed by atoms with Crippen LogP contribution in [-0.4, -0.2) is 22.2 Å². The average molecular weight is 377 g/mol. The van der Waals surface area contributed by atoms with Gasteiger partial charge in [0.05, 0.1) is 11.1 Å². The Hall–Kier alpha value is -1.84. The zero-order valence-electron chi connectivity index (χ0n) is 17.2. The van der Waals surface area contributed by atoms with Gasteiger partial charge in [0.15, 0.2) is 0 Å². The van der Waals surface area contributed by atoms with Crippen molar-refractivity contribution in [2.24, 2.45) is 5.92 Å². The molecule has 0 radical (unpaired) electrons. The Balaban J connectivity index is 3.17. The van der Waals surface area contributed by atoms with E-state index in [1.165, 1.54) is 25.3 Å². The topological polar surface area (TPSA) is 74.6 Å². The molecule has 1 rings (SSSR count). The molecule has 1 unspecified atom stereocenters. The fourth-order valence-electron chi connectivity index (χ4n) is 3.73. The lowest BCUT2D eigenvalue weighted by Gasteiger charge is -2.20. The first kappa shape index (κ1) is 23.2. The number of unbranched alkanes of at least 4 members (excludes halogenated alkanes) is 5. The molecule has 2 N–H and O–H groups in total. The van der Waals surface area contributed by atoms with E-state index in [9.17, 15) is 19.8 Å². The molecule has 0 amide bonds. The van der Waals surface area contributed by atoms with Crippen LogP contribution in [0.4, 0.5) is 0 Å². The van der Waals surface area contributed by atoms with Crippen molar-refractivity contribution in [2.75, 3.05) is 0 Å². The Morgan fingerprint density at radius 1 is 0.889 bits per heavy atom. The summed E-state index contributed by atoms with van der Waals surface area (Å²) in [6, 6.07) is 3.32. The summed E-state index contributed by atoms with van der Waals surface area (Å²) in [6.45, 7) is 6.47. The van der Waals surface area contributed by atoms with Crippen molar-refractivity contribution in [1.29, 1.82) is 0 Å². The lowest BCUT2D eigenvalue weighted by Crippen LogP contribution is -2.16. The summed E-state index contributed by atoms with van der Waals surface area (Å²) >= 11 is 0. The fraction of sp³-hybridized carbons (Fsp3) is 0.652. The lowest BCUT2D eigenvalue weighted by atomic mass is 9.84. The van der Waals surface area contributed by atoms with Crippen LogP contribution in [0.3, 0.4) is 0 Å². The third-order valence-corrected chi connectivity index (χ3v) is 5.44. The molecule has 0 aliphatic heterocycles. The Morgan fingerprint density at radius 3 is 2.11 bits per heavy atom. The first-order valence-corrected chi connectivity index (χ1v) is 10.6. The number of carboxylic acids is 2. The Labute approximate surface area is 164 Å². The van der Waals surface area contributed by atoms with Crippen LogP contribution in [0.5, 0.6) is 0 Å². The van der Waals surface area contributed by atoms with Crippen molar-refractivity contribution in [3.8, 4) is 0 Å². The summed E-state index contributed by atoms with van der Waals surface area (Å²) in [4.78, 5) is 23.5. The van der Waals surface area contributed by atoms with Crippen LogP contribution in [0.25, 0.3) is 0 Å². The van der Waals surface area contributed by atoms with Crippen LogP contribution in [0, 0.1) is 5.92 Å². The average Bonchev–Trinajstić information content (AvgIpc) is 2.64. The van der Waals surface area contributed by atoms with E-state index in [0.29, 0.717) is 12.3 Å². The number of aryl methyl sites for hydroxylation is 1. The monoisotopic (exact) mass is 376 g/mol. The number of hydrogen-bond donors (Lipinski definition) is 2. The summed E-state index contributed by atoms with van der Waals surface area (Å²) < 4.78 is 0. The molecule has 1 aromatic rings. The Kier molecular flexibility index (Phi) is 10.8. The molecule has 0 bridgehead atoms. The first-order chi connectivity index (χ1) is 13.0. The van der Waals surface area contributed by atoms with Crippen molar-refractivity contribution < 1.29 is 19.8 Å². The van der Waals surface area contributed by atoms with Crippen molar-refractivity contribution in [3.63, 3.8) is 0 Å². The minimum absolute atomic E-state index is 0.00325. The number of benzene rings is 1. The highest BCUT2D eigenvalue weighted by Gasteiger charge is 2.24. The summed E-state index contributed by atoms with van der Waals surface area (Å²) in [5.74, 6) is -1.89. The van der Waals surface area contributed by atoms with Gasteiger partial charge in [-0.25, -0.2) is 9.59 Å². The zero-order valence-corrected chi connectivity index (χ0v) is 17.2. The summed E-state index contributed by atoms with van der Waals surface area (Å²) in [5, 5.41) is 19.2. The van der Waals surface area contributed by atoms with Gasteiger partial charge in [-0.05, 0) is 42.4 Å². The van der Waals surface area contributed by atoms with Gasteiger partial charge in [-0.15, -0.1) is 0 Å². The van der Waals surface area contributed by atoms with Crippen molar-refractivity contribution in [2.45, 2.75) is 91.4 Å². The smallest absolute Gasteiger partial charge is 0.336 e. The predicted molar refractivity (Wildman–Crippen MR) is 110 cm³/mol. The highest BCUT2D eigenvalue weighted by atomic mass is 16.4. The van der Waals surface area contributed by atoms with Gasteiger partial charge in [-0.2, -0.15) is 0 Å².